The molecule has 0 atom stereocenters. The number of aromatic nitrogens is 1. The Morgan fingerprint density at radius 2 is 1.96 bits per heavy atom. The van der Waals surface area contributed by atoms with Gasteiger partial charge in [-0.15, -0.1) is 11.3 Å². The molecule has 0 amide bonds. The third kappa shape index (κ3) is 4.26. The number of hydrogen-bond donors (Lipinski definition) is 0. The molecule has 0 unspecified atom stereocenters. The molecule has 0 N–H and O–H groups in total. The lowest BCUT2D eigenvalue weighted by Crippen LogP contribution is -1.97. The second-order valence-corrected chi connectivity index (χ2v) is 6.87. The lowest BCUT2D eigenvalue weighted by molar-refractivity contribution is -0.384. The van der Waals surface area contributed by atoms with Crippen LogP contribution in [0.1, 0.15) is 60.7 Å². The maximum absolute atomic E-state index is 10.8. The van der Waals surface area contributed by atoms with E-state index in [9.17, 15) is 10.1 Å². The molecule has 4 nitrogen and oxygen atoms in total. The van der Waals surface area contributed by atoms with Crippen molar-refractivity contribution in [1.82, 2.24) is 4.98 Å². The van der Waals surface area contributed by atoms with E-state index in [2.05, 4.69) is 5.38 Å². The van der Waals surface area contributed by atoms with E-state index in [1.807, 2.05) is 18.2 Å². The van der Waals surface area contributed by atoms with Crippen molar-refractivity contribution < 1.29 is 4.92 Å². The molecule has 0 spiro atoms. The molecular weight excluding hydrogens is 308 g/mol. The third-order valence-electron chi connectivity index (χ3n) is 4.31. The van der Waals surface area contributed by atoms with E-state index >= 15 is 0 Å². The van der Waals surface area contributed by atoms with Gasteiger partial charge in [-0.1, -0.05) is 43.9 Å². The van der Waals surface area contributed by atoms with Crippen LogP contribution in [-0.4, -0.2) is 9.91 Å². The van der Waals surface area contributed by atoms with Crippen molar-refractivity contribution in [2.45, 2.75) is 44.4 Å². The Morgan fingerprint density at radius 3 is 2.70 bits per heavy atom. The molecule has 0 saturated heterocycles. The van der Waals surface area contributed by atoms with Crippen molar-refractivity contribution in [3.05, 3.63) is 56.0 Å². The van der Waals surface area contributed by atoms with E-state index in [0.29, 0.717) is 5.92 Å². The summed E-state index contributed by atoms with van der Waals surface area (Å²) < 4.78 is 0. The summed E-state index contributed by atoms with van der Waals surface area (Å²) in [7, 11) is 0. The molecule has 23 heavy (non-hydrogen) atoms. The summed E-state index contributed by atoms with van der Waals surface area (Å²) in [5, 5.41) is 13.9. The number of hydrogen-bond acceptors (Lipinski definition) is 4. The molecule has 1 heterocycles. The lowest BCUT2D eigenvalue weighted by Gasteiger charge is -2.09. The predicted molar refractivity (Wildman–Crippen MR) is 94.6 cm³/mol. The Morgan fingerprint density at radius 1 is 1.17 bits per heavy atom. The largest absolute Gasteiger partial charge is 0.270 e. The maximum Gasteiger partial charge on any atom is 0.270 e. The molecule has 1 aromatic heterocycles. The van der Waals surface area contributed by atoms with Gasteiger partial charge in [-0.3, -0.25) is 10.1 Å². The minimum Gasteiger partial charge on any atom is -0.258 e. The first kappa shape index (κ1) is 15.9. The van der Waals surface area contributed by atoms with Crippen LogP contribution >= 0.6 is 11.3 Å². The monoisotopic (exact) mass is 328 g/mol. The van der Waals surface area contributed by atoms with Crippen LogP contribution in [0.3, 0.4) is 0 Å². The van der Waals surface area contributed by atoms with Gasteiger partial charge in [-0.05, 0) is 24.5 Å². The van der Waals surface area contributed by atoms with Crippen LogP contribution in [0.2, 0.25) is 0 Å². The molecule has 0 aliphatic heterocycles. The highest BCUT2D eigenvalue weighted by molar-refractivity contribution is 7.10. The summed E-state index contributed by atoms with van der Waals surface area (Å²) in [5.74, 6) is 0.605. The summed E-state index contributed by atoms with van der Waals surface area (Å²) in [6.45, 7) is 0. The van der Waals surface area contributed by atoms with Crippen molar-refractivity contribution >= 4 is 29.2 Å². The average Bonchev–Trinajstić information content (AvgIpc) is 2.87. The van der Waals surface area contributed by atoms with E-state index in [-0.39, 0.29) is 10.6 Å². The van der Waals surface area contributed by atoms with Crippen LogP contribution in [0.4, 0.5) is 5.69 Å². The Kier molecular flexibility index (Phi) is 5.18. The Bertz CT molecular complexity index is 701. The van der Waals surface area contributed by atoms with Crippen molar-refractivity contribution in [2.75, 3.05) is 0 Å². The number of nitro groups is 1. The van der Waals surface area contributed by atoms with Gasteiger partial charge < -0.3 is 0 Å². The van der Waals surface area contributed by atoms with Gasteiger partial charge >= 0.3 is 0 Å². The lowest BCUT2D eigenvalue weighted by atomic mass is 9.98. The first-order valence-electron chi connectivity index (χ1n) is 8.10. The van der Waals surface area contributed by atoms with Gasteiger partial charge in [0.1, 0.15) is 5.01 Å². The van der Waals surface area contributed by atoms with Crippen LogP contribution < -0.4 is 0 Å². The maximum atomic E-state index is 10.8. The van der Waals surface area contributed by atoms with Crippen molar-refractivity contribution in [3.8, 4) is 0 Å². The van der Waals surface area contributed by atoms with Crippen molar-refractivity contribution in [1.29, 1.82) is 0 Å². The normalized spacial score (nSPS) is 16.5. The fraction of sp³-hybridized carbons (Fsp3) is 0.389. The highest BCUT2D eigenvalue weighted by Crippen LogP contribution is 2.32. The van der Waals surface area contributed by atoms with Gasteiger partial charge in [0.25, 0.3) is 5.69 Å². The zero-order chi connectivity index (χ0) is 16.1. The van der Waals surface area contributed by atoms with Crippen molar-refractivity contribution in [3.63, 3.8) is 0 Å². The van der Waals surface area contributed by atoms with Gasteiger partial charge in [0.2, 0.25) is 0 Å². The molecule has 1 aliphatic carbocycles. The molecule has 1 saturated carbocycles. The quantitative estimate of drug-likeness (QED) is 0.413. The average molecular weight is 328 g/mol. The van der Waals surface area contributed by atoms with E-state index in [0.717, 1.165) is 10.6 Å². The van der Waals surface area contributed by atoms with Crippen LogP contribution in [0.25, 0.3) is 12.2 Å². The standard InChI is InChI=1S/C18H20N2O2S/c21-20(22)16-9-5-6-14(12-16)10-11-18-19-17(13-23-18)15-7-3-1-2-4-8-15/h5-6,9-13,15H,1-4,7-8H2. The van der Waals surface area contributed by atoms with E-state index in [4.69, 9.17) is 4.98 Å². The number of nitro benzene ring substituents is 1. The second kappa shape index (κ2) is 7.51. The summed E-state index contributed by atoms with van der Waals surface area (Å²) in [5.41, 5.74) is 2.16. The van der Waals surface area contributed by atoms with E-state index in [1.54, 1.807) is 23.5 Å². The van der Waals surface area contributed by atoms with Crippen molar-refractivity contribution in [2.24, 2.45) is 0 Å². The van der Waals surface area contributed by atoms with Gasteiger partial charge in [-0.25, -0.2) is 4.98 Å². The molecule has 0 radical (unpaired) electrons. The third-order valence-corrected chi connectivity index (χ3v) is 5.14. The zero-order valence-electron chi connectivity index (χ0n) is 13.0. The van der Waals surface area contributed by atoms with E-state index in [1.165, 1.54) is 50.3 Å². The molecule has 5 heteroatoms. The molecule has 1 aromatic carbocycles. The molecular formula is C18H20N2O2S. The van der Waals surface area contributed by atoms with Crippen LogP contribution in [0.15, 0.2) is 29.6 Å². The van der Waals surface area contributed by atoms with Crippen LogP contribution in [0, 0.1) is 10.1 Å². The molecule has 3 rings (SSSR count). The fourth-order valence-electron chi connectivity index (χ4n) is 3.05. The number of non-ortho nitro benzene ring substituents is 1. The SMILES string of the molecule is O=[N+]([O-])c1cccc(C=Cc2nc(C3CCCCCC3)cs2)c1. The minimum absolute atomic E-state index is 0.116. The Labute approximate surface area is 140 Å². The highest BCUT2D eigenvalue weighted by Gasteiger charge is 2.16. The van der Waals surface area contributed by atoms with Crippen LogP contribution in [0.5, 0.6) is 0 Å². The van der Waals surface area contributed by atoms with Gasteiger partial charge in [-0.2, -0.15) is 0 Å². The molecule has 120 valence electrons. The van der Waals surface area contributed by atoms with Gasteiger partial charge in [0, 0.05) is 23.4 Å². The molecule has 2 aromatic rings. The summed E-state index contributed by atoms with van der Waals surface area (Å²) in [6, 6.07) is 6.65. The molecule has 0 bridgehead atoms. The smallest absolute Gasteiger partial charge is 0.258 e. The first-order valence-corrected chi connectivity index (χ1v) is 8.98. The zero-order valence-corrected chi connectivity index (χ0v) is 13.8. The highest BCUT2D eigenvalue weighted by atomic mass is 32.1. The predicted octanol–water partition coefficient (Wildman–Crippen LogP) is 5.66. The number of benzene rings is 1. The topological polar surface area (TPSA) is 56.0 Å². The van der Waals surface area contributed by atoms with E-state index < -0.39 is 0 Å². The molecule has 1 fully saturated rings. The minimum atomic E-state index is -0.370. The number of rotatable bonds is 4. The van der Waals surface area contributed by atoms with Gasteiger partial charge in [0.05, 0.1) is 10.6 Å². The summed E-state index contributed by atoms with van der Waals surface area (Å²) >= 11 is 1.65. The summed E-state index contributed by atoms with van der Waals surface area (Å²) in [6.07, 6.45) is 11.6. The number of nitrogens with zero attached hydrogens (tertiary/aromatic N) is 2. The Balaban J connectivity index is 1.70. The second-order valence-electron chi connectivity index (χ2n) is 5.98. The Hall–Kier alpha value is -2.01. The molecule has 1 aliphatic rings. The van der Waals surface area contributed by atoms with Gasteiger partial charge in [0.15, 0.2) is 0 Å². The summed E-state index contributed by atoms with van der Waals surface area (Å²) in [4.78, 5) is 15.2. The fourth-order valence-corrected chi connectivity index (χ4v) is 3.84. The first-order chi connectivity index (χ1) is 11.2. The number of thiazole rings is 1. The van der Waals surface area contributed by atoms with Crippen LogP contribution in [-0.2, 0) is 0 Å².